The molecule has 0 N–H and O–H groups in total. The Labute approximate surface area is 73.0 Å². The second-order valence-corrected chi connectivity index (χ2v) is 5.82. The lowest BCUT2D eigenvalue weighted by Crippen LogP contribution is -2.13. The zero-order chi connectivity index (χ0) is 8.44. The third-order valence-electron chi connectivity index (χ3n) is 2.65. The van der Waals surface area contributed by atoms with E-state index in [1.54, 1.807) is 0 Å². The van der Waals surface area contributed by atoms with Crippen LogP contribution in [0.4, 0.5) is 0 Å². The van der Waals surface area contributed by atoms with E-state index in [0.29, 0.717) is 13.2 Å². The lowest BCUT2D eigenvalue weighted by Gasteiger charge is -2.24. The zero-order valence-electron chi connectivity index (χ0n) is 7.20. The van der Waals surface area contributed by atoms with Gasteiger partial charge in [0.05, 0.1) is 18.9 Å². The van der Waals surface area contributed by atoms with Crippen molar-refractivity contribution in [3.8, 4) is 0 Å². The molecule has 0 atom stereocenters. The van der Waals surface area contributed by atoms with Crippen LogP contribution in [0.2, 0.25) is 0 Å². The monoisotopic (exact) mass is 190 g/mol. The molecule has 0 aromatic rings. The third kappa shape index (κ3) is 1.59. The van der Waals surface area contributed by atoms with Crippen molar-refractivity contribution in [2.45, 2.75) is 37.8 Å². The Hall–Kier alpha value is 0.150. The van der Waals surface area contributed by atoms with Crippen LogP contribution in [-0.2, 0) is 13.6 Å². The number of hydrogen-bond donors (Lipinski definition) is 0. The Bertz CT molecular complexity index is 188. The molecular weight excluding hydrogens is 175 g/mol. The normalized spacial score (nSPS) is 30.7. The maximum absolute atomic E-state index is 11.9. The molecule has 70 valence electrons. The average Bonchev–Trinajstić information content (AvgIpc) is 2.55. The van der Waals surface area contributed by atoms with Crippen LogP contribution in [0.5, 0.6) is 0 Å². The molecule has 0 spiro atoms. The molecule has 0 amide bonds. The average molecular weight is 190 g/mol. The number of rotatable bonds is 1. The van der Waals surface area contributed by atoms with Crippen molar-refractivity contribution in [2.24, 2.45) is 0 Å². The second-order valence-electron chi connectivity index (χ2n) is 3.50. The third-order valence-corrected chi connectivity index (χ3v) is 5.14. The van der Waals surface area contributed by atoms with Gasteiger partial charge in [0.1, 0.15) is 0 Å². The summed E-state index contributed by atoms with van der Waals surface area (Å²) in [5, 5.41) is 0. The van der Waals surface area contributed by atoms with Gasteiger partial charge in [0.2, 0.25) is 0 Å². The van der Waals surface area contributed by atoms with Gasteiger partial charge in [-0.15, -0.1) is 0 Å². The Kier molecular flexibility index (Phi) is 2.54. The van der Waals surface area contributed by atoms with Gasteiger partial charge in [-0.05, 0) is 12.8 Å². The molecule has 0 aromatic carbocycles. The van der Waals surface area contributed by atoms with Crippen LogP contribution in [0.25, 0.3) is 0 Å². The van der Waals surface area contributed by atoms with Crippen molar-refractivity contribution in [1.29, 1.82) is 0 Å². The first-order valence-electron chi connectivity index (χ1n) is 4.70. The first-order valence-corrected chi connectivity index (χ1v) is 6.31. The van der Waals surface area contributed by atoms with Gasteiger partial charge in [-0.25, -0.2) is 0 Å². The van der Waals surface area contributed by atoms with Crippen molar-refractivity contribution < 1.29 is 13.6 Å². The molecule has 12 heavy (non-hydrogen) atoms. The van der Waals surface area contributed by atoms with E-state index in [1.807, 2.05) is 0 Å². The fourth-order valence-electron chi connectivity index (χ4n) is 1.97. The highest BCUT2D eigenvalue weighted by Crippen LogP contribution is 2.59. The van der Waals surface area contributed by atoms with Gasteiger partial charge in [0, 0.05) is 0 Å². The van der Waals surface area contributed by atoms with E-state index in [4.69, 9.17) is 9.05 Å². The molecule has 2 fully saturated rings. The van der Waals surface area contributed by atoms with Gasteiger partial charge in [-0.1, -0.05) is 19.3 Å². The van der Waals surface area contributed by atoms with E-state index < -0.39 is 7.60 Å². The molecule has 3 nitrogen and oxygen atoms in total. The van der Waals surface area contributed by atoms with Gasteiger partial charge in [-0.2, -0.15) is 0 Å². The van der Waals surface area contributed by atoms with E-state index in [0.717, 1.165) is 12.8 Å². The summed E-state index contributed by atoms with van der Waals surface area (Å²) in [6, 6.07) is 0. The molecule has 2 rings (SSSR count). The summed E-state index contributed by atoms with van der Waals surface area (Å²) in [6.07, 6.45) is 5.69. The molecule has 0 aromatic heterocycles. The van der Waals surface area contributed by atoms with Gasteiger partial charge < -0.3 is 9.05 Å². The maximum atomic E-state index is 11.9. The van der Waals surface area contributed by atoms with Gasteiger partial charge >= 0.3 is 7.60 Å². The molecule has 4 heteroatoms. The predicted molar refractivity (Wildman–Crippen MR) is 46.4 cm³/mol. The van der Waals surface area contributed by atoms with Crippen LogP contribution in [0, 0.1) is 0 Å². The summed E-state index contributed by atoms with van der Waals surface area (Å²) in [5.41, 5.74) is 0.203. The van der Waals surface area contributed by atoms with Crippen LogP contribution in [-0.4, -0.2) is 18.9 Å². The van der Waals surface area contributed by atoms with Crippen molar-refractivity contribution >= 4 is 7.60 Å². The lowest BCUT2D eigenvalue weighted by atomic mass is 10.0. The van der Waals surface area contributed by atoms with E-state index >= 15 is 0 Å². The minimum atomic E-state index is -2.65. The molecule has 2 aliphatic rings. The van der Waals surface area contributed by atoms with Crippen LogP contribution >= 0.6 is 7.60 Å². The summed E-state index contributed by atoms with van der Waals surface area (Å²) < 4.78 is 22.4. The summed E-state index contributed by atoms with van der Waals surface area (Å²) in [6.45, 7) is 1.04. The molecule has 1 saturated heterocycles. The van der Waals surface area contributed by atoms with Crippen molar-refractivity contribution in [1.82, 2.24) is 0 Å². The van der Waals surface area contributed by atoms with Crippen LogP contribution in [0.1, 0.15) is 32.1 Å². The zero-order valence-corrected chi connectivity index (χ0v) is 8.09. The van der Waals surface area contributed by atoms with E-state index in [-0.39, 0.29) is 5.66 Å². The van der Waals surface area contributed by atoms with Crippen molar-refractivity contribution in [2.75, 3.05) is 13.2 Å². The summed E-state index contributed by atoms with van der Waals surface area (Å²) in [4.78, 5) is 0. The molecule has 1 aliphatic heterocycles. The van der Waals surface area contributed by atoms with E-state index in [9.17, 15) is 4.57 Å². The largest absolute Gasteiger partial charge is 0.333 e. The van der Waals surface area contributed by atoms with E-state index in [2.05, 4.69) is 0 Å². The highest BCUT2D eigenvalue weighted by Gasteiger charge is 2.39. The Balaban J connectivity index is 2.01. The summed E-state index contributed by atoms with van der Waals surface area (Å²) >= 11 is 0. The Morgan fingerprint density at radius 2 is 1.58 bits per heavy atom. The summed E-state index contributed by atoms with van der Waals surface area (Å²) in [5.74, 6) is 0. The summed E-state index contributed by atoms with van der Waals surface area (Å²) in [7, 11) is -2.65. The molecule has 1 saturated carbocycles. The Morgan fingerprint density at radius 1 is 1.00 bits per heavy atom. The van der Waals surface area contributed by atoms with Crippen molar-refractivity contribution in [3.63, 3.8) is 0 Å². The van der Waals surface area contributed by atoms with Crippen LogP contribution in [0.15, 0.2) is 0 Å². The fourth-order valence-corrected chi connectivity index (χ4v) is 4.13. The van der Waals surface area contributed by atoms with Gasteiger partial charge in [-0.3, -0.25) is 4.57 Å². The minimum absolute atomic E-state index is 0.203. The topological polar surface area (TPSA) is 35.5 Å². The minimum Gasteiger partial charge on any atom is -0.306 e. The van der Waals surface area contributed by atoms with Crippen LogP contribution in [0.3, 0.4) is 0 Å². The molecule has 0 unspecified atom stereocenters. The van der Waals surface area contributed by atoms with Gasteiger partial charge in [0.25, 0.3) is 0 Å². The molecule has 0 bridgehead atoms. The van der Waals surface area contributed by atoms with Crippen molar-refractivity contribution in [3.05, 3.63) is 0 Å². The smallest absolute Gasteiger partial charge is 0.306 e. The van der Waals surface area contributed by atoms with Crippen LogP contribution < -0.4 is 0 Å². The highest BCUT2D eigenvalue weighted by molar-refractivity contribution is 7.54. The first kappa shape index (κ1) is 8.74. The quantitative estimate of drug-likeness (QED) is 0.596. The Morgan fingerprint density at radius 3 is 2.17 bits per heavy atom. The first-order chi connectivity index (χ1) is 5.81. The molecular formula is C8H15O3P. The van der Waals surface area contributed by atoms with E-state index in [1.165, 1.54) is 19.3 Å². The van der Waals surface area contributed by atoms with Gasteiger partial charge in [0.15, 0.2) is 0 Å². The maximum Gasteiger partial charge on any atom is 0.333 e. The standard InChI is InChI=1S/C8H15O3P/c9-12(10-6-7-11-12)8-4-2-1-3-5-8/h8H,1-7H2. The highest BCUT2D eigenvalue weighted by atomic mass is 31.2. The molecule has 1 aliphatic carbocycles. The molecule has 0 radical (unpaired) electrons. The fraction of sp³-hybridized carbons (Fsp3) is 1.00. The molecule has 1 heterocycles. The number of hydrogen-bond acceptors (Lipinski definition) is 3. The lowest BCUT2D eigenvalue weighted by molar-refractivity contribution is 0.321. The second kappa shape index (κ2) is 3.49. The predicted octanol–water partition coefficient (Wildman–Crippen LogP) is 2.56. The SMILES string of the molecule is O=P1(C2CCCCC2)OCCO1.